The van der Waals surface area contributed by atoms with Gasteiger partial charge in [0.05, 0.1) is 12.8 Å². The molecular formula is C28H24FN3O4. The Morgan fingerprint density at radius 2 is 1.53 bits per heavy atom. The Bertz CT molecular complexity index is 1360. The van der Waals surface area contributed by atoms with Crippen molar-refractivity contribution < 1.29 is 23.5 Å². The molecule has 0 atom stereocenters. The van der Waals surface area contributed by atoms with Crippen LogP contribution >= 0.6 is 0 Å². The molecule has 0 radical (unpaired) electrons. The first-order chi connectivity index (χ1) is 17.5. The predicted octanol–water partition coefficient (Wildman–Crippen LogP) is 4.20. The summed E-state index contributed by atoms with van der Waals surface area (Å²) >= 11 is 0. The lowest BCUT2D eigenvalue weighted by Gasteiger charge is -2.08. The molecule has 4 aromatic carbocycles. The van der Waals surface area contributed by atoms with Crippen molar-refractivity contribution in [3.8, 4) is 11.5 Å². The molecule has 0 bridgehead atoms. The molecule has 0 aliphatic rings. The highest BCUT2D eigenvalue weighted by atomic mass is 19.1. The smallest absolute Gasteiger partial charge is 0.259 e. The summed E-state index contributed by atoms with van der Waals surface area (Å²) in [5.74, 6) is 0.0461. The summed E-state index contributed by atoms with van der Waals surface area (Å²) in [5, 5.41) is 8.47. The molecule has 0 aromatic heterocycles. The molecular weight excluding hydrogens is 461 g/mol. The Morgan fingerprint density at radius 1 is 0.806 bits per heavy atom. The Balaban J connectivity index is 1.14. The molecule has 8 heteroatoms. The van der Waals surface area contributed by atoms with Gasteiger partial charge in [0.2, 0.25) is 0 Å². The van der Waals surface area contributed by atoms with Crippen LogP contribution in [-0.2, 0) is 16.2 Å². The lowest BCUT2D eigenvalue weighted by Crippen LogP contribution is -2.37. The number of rotatable bonds is 10. The van der Waals surface area contributed by atoms with E-state index in [2.05, 4.69) is 15.8 Å². The second kappa shape index (κ2) is 12.1. The van der Waals surface area contributed by atoms with E-state index in [0.717, 1.165) is 21.9 Å². The largest absolute Gasteiger partial charge is 0.489 e. The molecule has 0 spiro atoms. The summed E-state index contributed by atoms with van der Waals surface area (Å²) in [6.07, 6.45) is 1.48. The van der Waals surface area contributed by atoms with Gasteiger partial charge in [-0.2, -0.15) is 5.10 Å². The minimum Gasteiger partial charge on any atom is -0.489 e. The van der Waals surface area contributed by atoms with Crippen LogP contribution in [0.5, 0.6) is 11.5 Å². The van der Waals surface area contributed by atoms with Crippen molar-refractivity contribution in [3.05, 3.63) is 108 Å². The Morgan fingerprint density at radius 3 is 2.31 bits per heavy atom. The van der Waals surface area contributed by atoms with Gasteiger partial charge in [-0.1, -0.05) is 42.5 Å². The first-order valence-corrected chi connectivity index (χ1v) is 11.2. The molecule has 2 N–H and O–H groups in total. The fourth-order valence-electron chi connectivity index (χ4n) is 3.25. The van der Waals surface area contributed by atoms with Gasteiger partial charge in [-0.25, -0.2) is 9.82 Å². The molecule has 4 aromatic rings. The number of nitrogens with one attached hydrogen (secondary N) is 2. The number of amides is 2. The molecule has 2 amide bonds. The number of ether oxygens (including phenoxy) is 2. The van der Waals surface area contributed by atoms with Crippen molar-refractivity contribution in [3.63, 3.8) is 0 Å². The summed E-state index contributed by atoms with van der Waals surface area (Å²) in [6.45, 7) is -0.110. The zero-order valence-corrected chi connectivity index (χ0v) is 19.3. The lowest BCUT2D eigenvalue weighted by atomic mass is 10.1. The first-order valence-electron chi connectivity index (χ1n) is 11.2. The van der Waals surface area contributed by atoms with Gasteiger partial charge in [0, 0.05) is 0 Å². The minimum absolute atomic E-state index is 0.204. The number of carbonyl (C=O) groups is 2. The van der Waals surface area contributed by atoms with Crippen LogP contribution in [0.3, 0.4) is 0 Å². The van der Waals surface area contributed by atoms with Crippen molar-refractivity contribution in [1.82, 2.24) is 10.7 Å². The number of nitrogens with zero attached hydrogens (tertiary/aromatic N) is 1. The molecule has 182 valence electrons. The van der Waals surface area contributed by atoms with Gasteiger partial charge in [0.15, 0.2) is 6.61 Å². The molecule has 0 saturated carbocycles. The molecule has 0 aliphatic heterocycles. The van der Waals surface area contributed by atoms with Crippen LogP contribution in [0.4, 0.5) is 4.39 Å². The minimum atomic E-state index is -0.468. The average Bonchev–Trinajstić information content (AvgIpc) is 2.91. The molecule has 4 rings (SSSR count). The van der Waals surface area contributed by atoms with Crippen LogP contribution in [0.1, 0.15) is 11.1 Å². The Labute approximate surface area is 207 Å². The van der Waals surface area contributed by atoms with Crippen molar-refractivity contribution in [2.75, 3.05) is 13.2 Å². The maximum absolute atomic E-state index is 13.0. The van der Waals surface area contributed by atoms with Crippen LogP contribution in [0, 0.1) is 5.82 Å². The summed E-state index contributed by atoms with van der Waals surface area (Å²) in [5.41, 5.74) is 3.97. The van der Waals surface area contributed by atoms with E-state index < -0.39 is 11.8 Å². The van der Waals surface area contributed by atoms with Crippen LogP contribution in [-0.4, -0.2) is 31.2 Å². The van der Waals surface area contributed by atoms with E-state index >= 15 is 0 Å². The van der Waals surface area contributed by atoms with Crippen molar-refractivity contribution in [1.29, 1.82) is 0 Å². The normalized spacial score (nSPS) is 10.8. The average molecular weight is 486 g/mol. The van der Waals surface area contributed by atoms with Crippen molar-refractivity contribution in [2.24, 2.45) is 5.10 Å². The zero-order valence-electron chi connectivity index (χ0n) is 19.3. The first kappa shape index (κ1) is 24.4. The Kier molecular flexibility index (Phi) is 8.22. The lowest BCUT2D eigenvalue weighted by molar-refractivity contribution is -0.127. The maximum Gasteiger partial charge on any atom is 0.259 e. The molecule has 0 saturated heterocycles. The topological polar surface area (TPSA) is 89.0 Å². The van der Waals surface area contributed by atoms with E-state index in [1.807, 2.05) is 36.4 Å². The third-order valence-electron chi connectivity index (χ3n) is 5.14. The highest BCUT2D eigenvalue weighted by Gasteiger charge is 2.06. The SMILES string of the molecule is O=C(COc1ccc2ccccc2c1)NCC(=O)N/N=C\c1ccc(OCc2ccc(F)cc2)cc1. The molecule has 36 heavy (non-hydrogen) atoms. The quantitative estimate of drug-likeness (QED) is 0.260. The fourth-order valence-corrected chi connectivity index (χ4v) is 3.25. The fraction of sp³-hybridized carbons (Fsp3) is 0.107. The van der Waals surface area contributed by atoms with Crippen LogP contribution in [0.15, 0.2) is 96.1 Å². The summed E-state index contributed by atoms with van der Waals surface area (Å²) in [4.78, 5) is 23.9. The number of hydrogen-bond acceptors (Lipinski definition) is 5. The van der Waals surface area contributed by atoms with E-state index in [0.29, 0.717) is 18.1 Å². The maximum atomic E-state index is 13.0. The van der Waals surface area contributed by atoms with Crippen molar-refractivity contribution in [2.45, 2.75) is 6.61 Å². The molecule has 0 fully saturated rings. The number of hydrazone groups is 1. The van der Waals surface area contributed by atoms with Gasteiger partial charge >= 0.3 is 0 Å². The Hall–Kier alpha value is -4.72. The summed E-state index contributed by atoms with van der Waals surface area (Å²) in [6, 6.07) is 26.6. The molecule has 0 aliphatic carbocycles. The van der Waals surface area contributed by atoms with Crippen LogP contribution in [0.25, 0.3) is 10.8 Å². The van der Waals surface area contributed by atoms with E-state index in [4.69, 9.17) is 9.47 Å². The summed E-state index contributed by atoms with van der Waals surface area (Å²) in [7, 11) is 0. The molecule has 7 nitrogen and oxygen atoms in total. The van der Waals surface area contributed by atoms with Crippen molar-refractivity contribution >= 4 is 28.8 Å². The highest BCUT2D eigenvalue weighted by molar-refractivity contribution is 5.87. The molecule has 0 heterocycles. The van der Waals surface area contributed by atoms with Gasteiger partial charge in [-0.05, 0) is 70.4 Å². The van der Waals surface area contributed by atoms with Crippen LogP contribution in [0.2, 0.25) is 0 Å². The number of carbonyl (C=O) groups excluding carboxylic acids is 2. The van der Waals surface area contributed by atoms with Gasteiger partial charge in [0.25, 0.3) is 11.8 Å². The van der Waals surface area contributed by atoms with Gasteiger partial charge in [-0.3, -0.25) is 9.59 Å². The van der Waals surface area contributed by atoms with E-state index in [1.54, 1.807) is 42.5 Å². The number of benzene rings is 4. The number of fused-ring (bicyclic) bond motifs is 1. The monoisotopic (exact) mass is 485 g/mol. The van der Waals surface area contributed by atoms with E-state index in [9.17, 15) is 14.0 Å². The third-order valence-corrected chi connectivity index (χ3v) is 5.14. The van der Waals surface area contributed by atoms with Gasteiger partial charge < -0.3 is 14.8 Å². The summed E-state index contributed by atoms with van der Waals surface area (Å²) < 4.78 is 24.1. The second-order valence-corrected chi connectivity index (χ2v) is 7.85. The number of hydrogen-bond donors (Lipinski definition) is 2. The second-order valence-electron chi connectivity index (χ2n) is 7.85. The molecule has 0 unspecified atom stereocenters. The van der Waals surface area contributed by atoms with Gasteiger partial charge in [-0.15, -0.1) is 0 Å². The predicted molar refractivity (Wildman–Crippen MR) is 135 cm³/mol. The van der Waals surface area contributed by atoms with E-state index in [-0.39, 0.29) is 19.0 Å². The standard InChI is InChI=1S/C28H24FN3O4/c29-24-10-5-21(6-11-24)18-35-25-12-7-20(8-13-25)16-31-32-27(33)17-30-28(34)19-36-26-14-9-22-3-1-2-4-23(22)15-26/h1-16H,17-19H2,(H,30,34)(H,32,33)/b31-16-. The van der Waals surface area contributed by atoms with Crippen LogP contribution < -0.4 is 20.2 Å². The zero-order chi connectivity index (χ0) is 25.2. The van der Waals surface area contributed by atoms with Gasteiger partial charge in [0.1, 0.15) is 23.9 Å². The van der Waals surface area contributed by atoms with E-state index in [1.165, 1.54) is 18.3 Å². The highest BCUT2D eigenvalue weighted by Crippen LogP contribution is 2.20. The third kappa shape index (κ3) is 7.39. The number of halogens is 1.